The van der Waals surface area contributed by atoms with Crippen LogP contribution in [0.15, 0.2) is 33.3 Å². The molecule has 0 aliphatic heterocycles. The molecule has 0 amide bonds. The Morgan fingerprint density at radius 1 is 1.33 bits per heavy atom. The second kappa shape index (κ2) is 5.20. The van der Waals surface area contributed by atoms with E-state index in [0.29, 0.717) is 24.6 Å². The molecule has 4 nitrogen and oxygen atoms in total. The number of nitrogens with two attached hydrogens (primary N) is 1. The molecule has 0 spiro atoms. The normalized spacial score (nSPS) is 11.8. The van der Waals surface area contributed by atoms with Crippen LogP contribution in [0.5, 0.6) is 0 Å². The van der Waals surface area contributed by atoms with Gasteiger partial charge in [-0.3, -0.25) is 0 Å². The molecule has 2 aromatic rings. The van der Waals surface area contributed by atoms with E-state index in [1.165, 1.54) is 0 Å². The smallest absolute Gasteiger partial charge is 0.228 e. The van der Waals surface area contributed by atoms with Crippen molar-refractivity contribution in [3.63, 3.8) is 0 Å². The van der Waals surface area contributed by atoms with Crippen LogP contribution in [0.4, 0.5) is 0 Å². The summed E-state index contributed by atoms with van der Waals surface area (Å²) < 4.78 is 6.25. The first-order chi connectivity index (χ1) is 8.44. The molecule has 2 rings (SSSR count). The number of aromatic nitrogens is 2. The summed E-state index contributed by atoms with van der Waals surface area (Å²) in [6, 6.07) is 8.00. The SMILES string of the molecule is CC(C)(N)Cc1nc(Cc2ccccc2Br)no1. The number of hydrogen-bond donors (Lipinski definition) is 1. The lowest BCUT2D eigenvalue weighted by molar-refractivity contribution is 0.345. The van der Waals surface area contributed by atoms with E-state index in [2.05, 4.69) is 26.1 Å². The molecule has 0 radical (unpaired) electrons. The Kier molecular flexibility index (Phi) is 3.82. The Balaban J connectivity index is 2.10. The third kappa shape index (κ3) is 3.65. The maximum atomic E-state index is 5.92. The number of halogens is 1. The van der Waals surface area contributed by atoms with Crippen LogP contribution in [-0.2, 0) is 12.8 Å². The molecule has 5 heteroatoms. The van der Waals surface area contributed by atoms with Crippen molar-refractivity contribution in [2.45, 2.75) is 32.2 Å². The third-order valence-corrected chi connectivity index (χ3v) is 3.20. The van der Waals surface area contributed by atoms with Crippen LogP contribution in [0.2, 0.25) is 0 Å². The van der Waals surface area contributed by atoms with E-state index < -0.39 is 0 Å². The van der Waals surface area contributed by atoms with Crippen molar-refractivity contribution in [3.8, 4) is 0 Å². The van der Waals surface area contributed by atoms with Gasteiger partial charge in [0.25, 0.3) is 0 Å². The quantitative estimate of drug-likeness (QED) is 0.943. The zero-order valence-corrected chi connectivity index (χ0v) is 12.1. The lowest BCUT2D eigenvalue weighted by atomic mass is 10.0. The van der Waals surface area contributed by atoms with Crippen LogP contribution in [-0.4, -0.2) is 15.7 Å². The van der Waals surface area contributed by atoms with Gasteiger partial charge in [0.1, 0.15) is 0 Å². The second-order valence-corrected chi connectivity index (χ2v) is 5.89. The monoisotopic (exact) mass is 309 g/mol. The Bertz CT molecular complexity index is 531. The summed E-state index contributed by atoms with van der Waals surface area (Å²) in [5, 5.41) is 3.97. The summed E-state index contributed by atoms with van der Waals surface area (Å²) in [5.41, 5.74) is 6.72. The molecule has 0 aliphatic rings. The van der Waals surface area contributed by atoms with Gasteiger partial charge in [-0.05, 0) is 25.5 Å². The molecule has 0 atom stereocenters. The Hall–Kier alpha value is -1.20. The van der Waals surface area contributed by atoms with Gasteiger partial charge in [0.05, 0.1) is 0 Å². The van der Waals surface area contributed by atoms with Crippen LogP contribution in [0.1, 0.15) is 31.1 Å². The van der Waals surface area contributed by atoms with Crippen molar-refractivity contribution in [1.82, 2.24) is 10.1 Å². The molecule has 1 aromatic carbocycles. The van der Waals surface area contributed by atoms with Gasteiger partial charge in [-0.15, -0.1) is 0 Å². The van der Waals surface area contributed by atoms with E-state index in [0.717, 1.165) is 10.0 Å². The molecule has 1 aromatic heterocycles. The summed E-state index contributed by atoms with van der Waals surface area (Å²) in [5.74, 6) is 1.27. The van der Waals surface area contributed by atoms with E-state index >= 15 is 0 Å². The van der Waals surface area contributed by atoms with Crippen LogP contribution < -0.4 is 5.73 Å². The van der Waals surface area contributed by atoms with Gasteiger partial charge in [-0.25, -0.2) is 0 Å². The van der Waals surface area contributed by atoms with Gasteiger partial charge < -0.3 is 10.3 Å². The van der Waals surface area contributed by atoms with Gasteiger partial charge in [0.15, 0.2) is 5.82 Å². The van der Waals surface area contributed by atoms with Crippen molar-refractivity contribution in [1.29, 1.82) is 0 Å². The van der Waals surface area contributed by atoms with Crippen molar-refractivity contribution in [2.75, 3.05) is 0 Å². The van der Waals surface area contributed by atoms with Crippen LogP contribution in [0, 0.1) is 0 Å². The Morgan fingerprint density at radius 3 is 2.72 bits per heavy atom. The Morgan fingerprint density at radius 2 is 2.06 bits per heavy atom. The van der Waals surface area contributed by atoms with Gasteiger partial charge in [0, 0.05) is 22.9 Å². The highest BCUT2D eigenvalue weighted by Crippen LogP contribution is 2.18. The lowest BCUT2D eigenvalue weighted by Crippen LogP contribution is -2.34. The summed E-state index contributed by atoms with van der Waals surface area (Å²) in [6.07, 6.45) is 1.23. The maximum absolute atomic E-state index is 5.92. The summed E-state index contributed by atoms with van der Waals surface area (Å²) in [7, 11) is 0. The van der Waals surface area contributed by atoms with Crippen molar-refractivity contribution < 1.29 is 4.52 Å². The molecule has 18 heavy (non-hydrogen) atoms. The lowest BCUT2D eigenvalue weighted by Gasteiger charge is -2.14. The molecule has 0 saturated heterocycles. The fourth-order valence-electron chi connectivity index (χ4n) is 1.64. The van der Waals surface area contributed by atoms with E-state index in [1.807, 2.05) is 38.1 Å². The predicted molar refractivity (Wildman–Crippen MR) is 73.2 cm³/mol. The van der Waals surface area contributed by atoms with E-state index in [4.69, 9.17) is 10.3 Å². The van der Waals surface area contributed by atoms with E-state index in [-0.39, 0.29) is 5.54 Å². The number of benzene rings is 1. The number of rotatable bonds is 4. The van der Waals surface area contributed by atoms with Crippen molar-refractivity contribution in [2.24, 2.45) is 5.73 Å². The highest BCUT2D eigenvalue weighted by atomic mass is 79.9. The van der Waals surface area contributed by atoms with Gasteiger partial charge in [-0.2, -0.15) is 4.98 Å². The minimum absolute atomic E-state index is 0.336. The first kappa shape index (κ1) is 13.2. The fraction of sp³-hybridized carbons (Fsp3) is 0.385. The first-order valence-electron chi connectivity index (χ1n) is 5.78. The van der Waals surface area contributed by atoms with E-state index in [1.54, 1.807) is 0 Å². The van der Waals surface area contributed by atoms with Gasteiger partial charge >= 0.3 is 0 Å². The molecule has 0 bridgehead atoms. The largest absolute Gasteiger partial charge is 0.339 e. The molecule has 0 fully saturated rings. The molecule has 2 N–H and O–H groups in total. The summed E-state index contributed by atoms with van der Waals surface area (Å²) in [4.78, 5) is 4.35. The standard InChI is InChI=1S/C13H16BrN3O/c1-13(2,15)8-12-16-11(17-18-12)7-9-5-3-4-6-10(9)14/h3-6H,7-8,15H2,1-2H3. The Labute approximate surface area is 115 Å². The highest BCUT2D eigenvalue weighted by Gasteiger charge is 2.17. The topological polar surface area (TPSA) is 64.9 Å². The zero-order valence-electron chi connectivity index (χ0n) is 10.5. The van der Waals surface area contributed by atoms with Gasteiger partial charge in [0.2, 0.25) is 5.89 Å². The molecule has 96 valence electrons. The minimum atomic E-state index is -0.336. The molecule has 0 saturated carbocycles. The molecule has 1 heterocycles. The average molecular weight is 310 g/mol. The predicted octanol–water partition coefficient (Wildman–Crippen LogP) is 2.70. The fourth-order valence-corrected chi connectivity index (χ4v) is 2.06. The van der Waals surface area contributed by atoms with Crippen LogP contribution in [0.3, 0.4) is 0 Å². The summed E-state index contributed by atoms with van der Waals surface area (Å²) >= 11 is 3.50. The first-order valence-corrected chi connectivity index (χ1v) is 6.57. The average Bonchev–Trinajstić information content (AvgIpc) is 2.66. The van der Waals surface area contributed by atoms with Crippen LogP contribution in [0.25, 0.3) is 0 Å². The second-order valence-electron chi connectivity index (χ2n) is 5.04. The number of hydrogen-bond acceptors (Lipinski definition) is 4. The van der Waals surface area contributed by atoms with E-state index in [9.17, 15) is 0 Å². The molecule has 0 unspecified atom stereocenters. The minimum Gasteiger partial charge on any atom is -0.339 e. The molecular weight excluding hydrogens is 294 g/mol. The zero-order chi connectivity index (χ0) is 13.2. The maximum Gasteiger partial charge on any atom is 0.228 e. The van der Waals surface area contributed by atoms with Crippen molar-refractivity contribution >= 4 is 15.9 Å². The van der Waals surface area contributed by atoms with Crippen molar-refractivity contribution in [3.05, 3.63) is 46.0 Å². The molecule has 0 aliphatic carbocycles. The van der Waals surface area contributed by atoms with Crippen LogP contribution >= 0.6 is 15.9 Å². The number of nitrogens with zero attached hydrogens (tertiary/aromatic N) is 2. The van der Waals surface area contributed by atoms with Gasteiger partial charge in [-0.1, -0.05) is 39.3 Å². The highest BCUT2D eigenvalue weighted by molar-refractivity contribution is 9.10. The third-order valence-electron chi connectivity index (χ3n) is 2.42. The molecular formula is C13H16BrN3O. The summed E-state index contributed by atoms with van der Waals surface area (Å²) in [6.45, 7) is 3.87.